The van der Waals surface area contributed by atoms with Gasteiger partial charge in [0.2, 0.25) is 10.0 Å². The molecule has 1 aromatic carbocycles. The van der Waals surface area contributed by atoms with Gasteiger partial charge < -0.3 is 9.84 Å². The standard InChI is InChI=1S/C15H21NO4S/c1-9-4-14(20-3)15(5-10(9)2)21(18,19)16-7-11-6-13(17)12(11)8-16/h4-5,11-13,17H,6-8H2,1-3H3/t11-,12+,13-/m1/s1. The number of nitrogens with zero attached hydrogens (tertiary/aromatic N) is 1. The molecule has 1 aliphatic carbocycles. The lowest BCUT2D eigenvalue weighted by molar-refractivity contribution is -0.00416. The van der Waals surface area contributed by atoms with Crippen LogP contribution in [0.15, 0.2) is 17.0 Å². The number of sulfonamides is 1. The molecule has 1 aliphatic heterocycles. The van der Waals surface area contributed by atoms with Gasteiger partial charge >= 0.3 is 0 Å². The number of aryl methyl sites for hydroxylation is 2. The van der Waals surface area contributed by atoms with Gasteiger partial charge in [0.05, 0.1) is 13.2 Å². The zero-order chi connectivity index (χ0) is 15.4. The van der Waals surface area contributed by atoms with Crippen molar-refractivity contribution in [1.82, 2.24) is 4.31 Å². The summed E-state index contributed by atoms with van der Waals surface area (Å²) in [5.74, 6) is 0.780. The molecule has 6 heteroatoms. The molecule has 0 amide bonds. The zero-order valence-corrected chi connectivity index (χ0v) is 13.4. The van der Waals surface area contributed by atoms with Crippen LogP contribution in [0.1, 0.15) is 17.5 Å². The molecule has 5 nitrogen and oxygen atoms in total. The molecule has 0 radical (unpaired) electrons. The van der Waals surface area contributed by atoms with Crippen molar-refractivity contribution in [1.29, 1.82) is 0 Å². The van der Waals surface area contributed by atoms with Gasteiger partial charge in [0.15, 0.2) is 0 Å². The maximum Gasteiger partial charge on any atom is 0.246 e. The number of ether oxygens (including phenoxy) is 1. The Kier molecular flexibility index (Phi) is 3.50. The summed E-state index contributed by atoms with van der Waals surface area (Å²) in [5, 5.41) is 9.71. The molecule has 3 rings (SSSR count). The smallest absolute Gasteiger partial charge is 0.246 e. The number of fused-ring (bicyclic) bond motifs is 1. The van der Waals surface area contributed by atoms with Gasteiger partial charge in [0.1, 0.15) is 10.6 Å². The van der Waals surface area contributed by atoms with Crippen molar-refractivity contribution in [2.45, 2.75) is 31.3 Å². The summed E-state index contributed by atoms with van der Waals surface area (Å²) < 4.78 is 32.5. The Morgan fingerprint density at radius 3 is 2.48 bits per heavy atom. The lowest BCUT2D eigenvalue weighted by Crippen LogP contribution is -2.39. The highest BCUT2D eigenvalue weighted by molar-refractivity contribution is 7.89. The number of hydrogen-bond acceptors (Lipinski definition) is 4. The highest BCUT2D eigenvalue weighted by atomic mass is 32.2. The van der Waals surface area contributed by atoms with Crippen molar-refractivity contribution in [3.63, 3.8) is 0 Å². The van der Waals surface area contributed by atoms with Gasteiger partial charge in [-0.15, -0.1) is 0 Å². The van der Waals surface area contributed by atoms with E-state index in [0.29, 0.717) is 31.2 Å². The van der Waals surface area contributed by atoms with Gasteiger partial charge in [0, 0.05) is 19.0 Å². The molecule has 2 fully saturated rings. The van der Waals surface area contributed by atoms with Crippen LogP contribution < -0.4 is 4.74 Å². The maximum atomic E-state index is 12.9. The SMILES string of the molecule is COc1cc(C)c(C)cc1S(=O)(=O)N1C[C@H]2C[C@@H](O)[C@H]2C1. The third-order valence-electron chi connectivity index (χ3n) is 4.89. The second-order valence-corrected chi connectivity index (χ2v) is 8.04. The molecule has 1 saturated heterocycles. The lowest BCUT2D eigenvalue weighted by Gasteiger charge is -2.34. The molecule has 0 bridgehead atoms. The van der Waals surface area contributed by atoms with Crippen LogP contribution >= 0.6 is 0 Å². The van der Waals surface area contributed by atoms with Gasteiger partial charge in [-0.2, -0.15) is 4.31 Å². The molecular weight excluding hydrogens is 290 g/mol. The minimum Gasteiger partial charge on any atom is -0.495 e. The fourth-order valence-electron chi connectivity index (χ4n) is 3.29. The number of benzene rings is 1. The number of methoxy groups -OCH3 is 1. The van der Waals surface area contributed by atoms with Crippen LogP contribution in [0, 0.1) is 25.7 Å². The van der Waals surface area contributed by atoms with Gasteiger partial charge in [-0.1, -0.05) is 0 Å². The number of aliphatic hydroxyl groups excluding tert-OH is 1. The molecule has 1 N–H and O–H groups in total. The van der Waals surface area contributed by atoms with Crippen LogP contribution in [0.3, 0.4) is 0 Å². The first-order valence-corrected chi connectivity index (χ1v) is 8.62. The highest BCUT2D eigenvalue weighted by Crippen LogP contribution is 2.43. The van der Waals surface area contributed by atoms with Crippen molar-refractivity contribution in [3.05, 3.63) is 23.3 Å². The number of rotatable bonds is 3. The van der Waals surface area contributed by atoms with E-state index in [1.54, 1.807) is 12.1 Å². The summed E-state index contributed by atoms with van der Waals surface area (Å²) >= 11 is 0. The average Bonchev–Trinajstić information content (AvgIpc) is 2.79. The summed E-state index contributed by atoms with van der Waals surface area (Å²) in [5.41, 5.74) is 1.93. The zero-order valence-electron chi connectivity index (χ0n) is 12.5. The molecule has 2 aliphatic rings. The Labute approximate surface area is 125 Å². The highest BCUT2D eigenvalue weighted by Gasteiger charge is 2.49. The molecule has 0 spiro atoms. The van der Waals surface area contributed by atoms with E-state index in [1.165, 1.54) is 11.4 Å². The van der Waals surface area contributed by atoms with Crippen molar-refractivity contribution >= 4 is 10.0 Å². The molecule has 116 valence electrons. The predicted octanol–water partition coefficient (Wildman–Crippen LogP) is 1.31. The minimum atomic E-state index is -3.57. The van der Waals surface area contributed by atoms with E-state index in [1.807, 2.05) is 13.8 Å². The van der Waals surface area contributed by atoms with E-state index >= 15 is 0 Å². The van der Waals surface area contributed by atoms with Gasteiger partial charge in [-0.3, -0.25) is 0 Å². The molecule has 0 unspecified atom stereocenters. The van der Waals surface area contributed by atoms with Gasteiger partial charge in [-0.05, 0) is 49.4 Å². The van der Waals surface area contributed by atoms with Gasteiger partial charge in [0.25, 0.3) is 0 Å². The summed E-state index contributed by atoms with van der Waals surface area (Å²) in [6.45, 7) is 4.73. The van der Waals surface area contributed by atoms with Gasteiger partial charge in [-0.25, -0.2) is 8.42 Å². The van der Waals surface area contributed by atoms with E-state index in [9.17, 15) is 13.5 Å². The van der Waals surface area contributed by atoms with E-state index in [2.05, 4.69) is 0 Å². The van der Waals surface area contributed by atoms with E-state index < -0.39 is 10.0 Å². The molecule has 1 heterocycles. The quantitative estimate of drug-likeness (QED) is 0.914. The molecule has 1 aromatic rings. The van der Waals surface area contributed by atoms with Crippen LogP contribution in [-0.2, 0) is 10.0 Å². The first kappa shape index (κ1) is 14.8. The molecule has 21 heavy (non-hydrogen) atoms. The normalized spacial score (nSPS) is 29.0. The van der Waals surface area contributed by atoms with E-state index in [4.69, 9.17) is 4.74 Å². The Hall–Kier alpha value is -1.11. The van der Waals surface area contributed by atoms with Crippen LogP contribution in [0.25, 0.3) is 0 Å². The monoisotopic (exact) mass is 311 g/mol. The minimum absolute atomic E-state index is 0.0947. The molecule has 3 atom stereocenters. The van der Waals surface area contributed by atoms with Crippen LogP contribution in [0.4, 0.5) is 0 Å². The van der Waals surface area contributed by atoms with Crippen LogP contribution in [0.2, 0.25) is 0 Å². The van der Waals surface area contributed by atoms with Crippen molar-refractivity contribution < 1.29 is 18.3 Å². The second-order valence-electron chi connectivity index (χ2n) is 6.14. The van der Waals surface area contributed by atoms with E-state index in [-0.39, 0.29) is 16.9 Å². The average molecular weight is 311 g/mol. The van der Waals surface area contributed by atoms with Crippen LogP contribution in [0.5, 0.6) is 5.75 Å². The van der Waals surface area contributed by atoms with Crippen molar-refractivity contribution in [3.8, 4) is 5.75 Å². The van der Waals surface area contributed by atoms with Crippen molar-refractivity contribution in [2.75, 3.05) is 20.2 Å². The third kappa shape index (κ3) is 2.25. The topological polar surface area (TPSA) is 66.8 Å². The first-order chi connectivity index (χ1) is 9.84. The lowest BCUT2D eigenvalue weighted by atomic mass is 9.74. The summed E-state index contributed by atoms with van der Waals surface area (Å²) in [6.07, 6.45) is 0.359. The van der Waals surface area contributed by atoms with Crippen LogP contribution in [-0.4, -0.2) is 44.1 Å². The summed E-state index contributed by atoms with van der Waals surface area (Å²) in [6, 6.07) is 3.45. The Morgan fingerprint density at radius 1 is 1.24 bits per heavy atom. The van der Waals surface area contributed by atoms with Crippen molar-refractivity contribution in [2.24, 2.45) is 11.8 Å². The first-order valence-electron chi connectivity index (χ1n) is 7.18. The molecular formula is C15H21NO4S. The second kappa shape index (κ2) is 4.97. The number of aliphatic hydroxyl groups is 1. The number of hydrogen-bond donors (Lipinski definition) is 1. The fraction of sp³-hybridized carbons (Fsp3) is 0.600. The Bertz CT molecular complexity index is 670. The Balaban J connectivity index is 1.97. The predicted molar refractivity (Wildman–Crippen MR) is 78.8 cm³/mol. The fourth-order valence-corrected chi connectivity index (χ4v) is 5.05. The molecule has 1 saturated carbocycles. The summed E-state index contributed by atoms with van der Waals surface area (Å²) in [4.78, 5) is 0.226. The van der Waals surface area contributed by atoms with E-state index in [0.717, 1.165) is 11.1 Å². The summed E-state index contributed by atoms with van der Waals surface area (Å²) in [7, 11) is -2.09. The Morgan fingerprint density at radius 2 is 1.90 bits per heavy atom. The maximum absolute atomic E-state index is 12.9. The third-order valence-corrected chi connectivity index (χ3v) is 6.75. The largest absolute Gasteiger partial charge is 0.495 e. The molecule has 0 aromatic heterocycles.